The van der Waals surface area contributed by atoms with Crippen LogP contribution in [-0.2, 0) is 14.3 Å². The van der Waals surface area contributed by atoms with E-state index in [4.69, 9.17) is 9.84 Å². The van der Waals surface area contributed by atoms with E-state index >= 15 is 0 Å². The van der Waals surface area contributed by atoms with Crippen LogP contribution < -0.4 is 16.1 Å². The van der Waals surface area contributed by atoms with Crippen LogP contribution in [0.5, 0.6) is 0 Å². The van der Waals surface area contributed by atoms with Crippen molar-refractivity contribution in [2.24, 2.45) is 0 Å². The van der Waals surface area contributed by atoms with E-state index in [0.29, 0.717) is 26.3 Å². The summed E-state index contributed by atoms with van der Waals surface area (Å²) >= 11 is 0. The third-order valence-electron chi connectivity index (χ3n) is 2.12. The molecule has 0 radical (unpaired) electrons. The van der Waals surface area contributed by atoms with E-state index in [2.05, 4.69) is 16.1 Å². The number of hydrogen-bond donors (Lipinski definition) is 4. The first kappa shape index (κ1) is 14.2. The zero-order chi connectivity index (χ0) is 13.4. The van der Waals surface area contributed by atoms with Gasteiger partial charge < -0.3 is 20.5 Å². The number of carbonyl (C=O) groups is 3. The molecule has 0 aromatic carbocycles. The van der Waals surface area contributed by atoms with Crippen LogP contribution in [0.25, 0.3) is 0 Å². The quantitative estimate of drug-likeness (QED) is 0.442. The summed E-state index contributed by atoms with van der Waals surface area (Å²) in [4.78, 5) is 32.6. The number of carboxylic acids is 1. The number of rotatable bonds is 5. The summed E-state index contributed by atoms with van der Waals surface area (Å²) in [6, 6.07) is -0.512. The number of morpholine rings is 1. The maximum atomic E-state index is 11.4. The summed E-state index contributed by atoms with van der Waals surface area (Å²) in [6.07, 6.45) is 0. The molecule has 1 heterocycles. The van der Waals surface area contributed by atoms with Gasteiger partial charge in [0.05, 0.1) is 19.8 Å². The Morgan fingerprint density at radius 2 is 1.78 bits per heavy atom. The van der Waals surface area contributed by atoms with Crippen LogP contribution in [0.3, 0.4) is 0 Å². The van der Waals surface area contributed by atoms with E-state index < -0.39 is 24.5 Å². The predicted octanol–water partition coefficient (Wildman–Crippen LogP) is -2.27. The smallest absolute Gasteiger partial charge is 0.329 e. The highest BCUT2D eigenvalue weighted by Crippen LogP contribution is 1.91. The van der Waals surface area contributed by atoms with Gasteiger partial charge in [-0.25, -0.2) is 9.80 Å². The first-order valence-corrected chi connectivity index (χ1v) is 5.43. The van der Waals surface area contributed by atoms with Gasteiger partial charge in [0.2, 0.25) is 5.91 Å². The molecule has 0 aliphatic carbocycles. The lowest BCUT2D eigenvalue weighted by atomic mass is 10.5. The minimum atomic E-state index is -1.14. The molecule has 0 bridgehead atoms. The average Bonchev–Trinajstić information content (AvgIpc) is 2.35. The van der Waals surface area contributed by atoms with Crippen LogP contribution in [0.1, 0.15) is 0 Å². The Morgan fingerprint density at radius 1 is 1.11 bits per heavy atom. The lowest BCUT2D eigenvalue weighted by molar-refractivity contribution is -0.137. The molecule has 1 aliphatic rings. The Kier molecular flexibility index (Phi) is 5.88. The summed E-state index contributed by atoms with van der Waals surface area (Å²) < 4.78 is 5.10. The van der Waals surface area contributed by atoms with Crippen molar-refractivity contribution in [1.82, 2.24) is 21.1 Å². The maximum absolute atomic E-state index is 11.4. The van der Waals surface area contributed by atoms with Crippen LogP contribution in [0.4, 0.5) is 4.79 Å². The fraction of sp³-hybridized carbons (Fsp3) is 0.667. The van der Waals surface area contributed by atoms with Crippen molar-refractivity contribution in [1.29, 1.82) is 0 Å². The number of amides is 3. The number of urea groups is 1. The molecule has 0 aromatic heterocycles. The normalized spacial score (nSPS) is 15.8. The highest BCUT2D eigenvalue weighted by Gasteiger charge is 2.13. The standard InChI is InChI=1S/C9H16N4O5/c14-7(10-6-8(15)16)5-11-9(17)12-13-1-3-18-4-2-13/h1-6H2,(H,10,14)(H,15,16)(H2,11,12,17). The van der Waals surface area contributed by atoms with Gasteiger partial charge in [-0.15, -0.1) is 0 Å². The molecule has 1 aliphatic heterocycles. The summed E-state index contributed by atoms with van der Waals surface area (Å²) in [6.45, 7) is 1.51. The molecule has 0 atom stereocenters. The van der Waals surface area contributed by atoms with Crippen molar-refractivity contribution in [3.8, 4) is 0 Å². The minimum Gasteiger partial charge on any atom is -0.480 e. The molecule has 9 nitrogen and oxygen atoms in total. The van der Waals surface area contributed by atoms with Crippen LogP contribution in [0.2, 0.25) is 0 Å². The van der Waals surface area contributed by atoms with Crippen molar-refractivity contribution < 1.29 is 24.2 Å². The van der Waals surface area contributed by atoms with Crippen molar-refractivity contribution in [2.45, 2.75) is 0 Å². The zero-order valence-corrected chi connectivity index (χ0v) is 9.77. The third kappa shape index (κ3) is 6.01. The van der Waals surface area contributed by atoms with Crippen LogP contribution in [0, 0.1) is 0 Å². The predicted molar refractivity (Wildman–Crippen MR) is 59.6 cm³/mol. The second-order valence-corrected chi connectivity index (χ2v) is 3.56. The number of nitrogens with one attached hydrogen (secondary N) is 3. The molecule has 0 unspecified atom stereocenters. The number of carbonyl (C=O) groups excluding carboxylic acids is 2. The molecule has 4 N–H and O–H groups in total. The van der Waals surface area contributed by atoms with Crippen LogP contribution in [-0.4, -0.2) is 67.4 Å². The molecule has 1 rings (SSSR count). The van der Waals surface area contributed by atoms with Gasteiger partial charge in [0, 0.05) is 13.1 Å². The molecular weight excluding hydrogens is 244 g/mol. The van der Waals surface area contributed by atoms with Crippen LogP contribution in [0.15, 0.2) is 0 Å². The van der Waals surface area contributed by atoms with Gasteiger partial charge in [-0.2, -0.15) is 0 Å². The molecule has 1 saturated heterocycles. The van der Waals surface area contributed by atoms with Gasteiger partial charge in [-0.1, -0.05) is 0 Å². The molecule has 0 saturated carbocycles. The Hall–Kier alpha value is -1.87. The molecule has 0 aromatic rings. The minimum absolute atomic E-state index is 0.274. The first-order chi connectivity index (χ1) is 8.58. The first-order valence-electron chi connectivity index (χ1n) is 5.43. The molecule has 18 heavy (non-hydrogen) atoms. The van der Waals surface area contributed by atoms with Crippen LogP contribution >= 0.6 is 0 Å². The number of aliphatic carboxylic acids is 1. The van der Waals surface area contributed by atoms with E-state index in [0.717, 1.165) is 0 Å². The Bertz CT molecular complexity index is 316. The van der Waals surface area contributed by atoms with Crippen molar-refractivity contribution in [2.75, 3.05) is 39.4 Å². The van der Waals surface area contributed by atoms with E-state index in [1.54, 1.807) is 5.01 Å². The largest absolute Gasteiger partial charge is 0.480 e. The van der Waals surface area contributed by atoms with E-state index in [9.17, 15) is 14.4 Å². The molecule has 1 fully saturated rings. The Balaban J connectivity index is 2.12. The SMILES string of the molecule is O=C(O)CNC(=O)CNC(=O)NN1CCOCC1. The van der Waals surface area contributed by atoms with Gasteiger partial charge in [-0.05, 0) is 0 Å². The second kappa shape index (κ2) is 7.45. The van der Waals surface area contributed by atoms with E-state index in [-0.39, 0.29) is 6.54 Å². The average molecular weight is 260 g/mol. The fourth-order valence-corrected chi connectivity index (χ4v) is 1.26. The number of ether oxygens (including phenoxy) is 1. The Labute approximate surface area is 103 Å². The second-order valence-electron chi connectivity index (χ2n) is 3.56. The number of nitrogens with zero attached hydrogens (tertiary/aromatic N) is 1. The summed E-state index contributed by atoms with van der Waals surface area (Å²) in [7, 11) is 0. The van der Waals surface area contributed by atoms with E-state index in [1.807, 2.05) is 0 Å². The van der Waals surface area contributed by atoms with E-state index in [1.165, 1.54) is 0 Å². The summed E-state index contributed by atoms with van der Waals surface area (Å²) in [5.74, 6) is -1.70. The van der Waals surface area contributed by atoms with Crippen molar-refractivity contribution in [3.05, 3.63) is 0 Å². The highest BCUT2D eigenvalue weighted by atomic mass is 16.5. The molecule has 3 amide bonds. The topological polar surface area (TPSA) is 120 Å². The van der Waals surface area contributed by atoms with Crippen molar-refractivity contribution >= 4 is 17.9 Å². The monoisotopic (exact) mass is 260 g/mol. The third-order valence-corrected chi connectivity index (χ3v) is 2.12. The number of carboxylic acid groups (broad SMARTS) is 1. The maximum Gasteiger partial charge on any atom is 0.329 e. The van der Waals surface area contributed by atoms with Gasteiger partial charge in [0.1, 0.15) is 6.54 Å². The molecule has 0 spiro atoms. The summed E-state index contributed by atoms with van der Waals surface area (Å²) in [5, 5.41) is 14.4. The van der Waals surface area contributed by atoms with Gasteiger partial charge in [-0.3, -0.25) is 15.0 Å². The lowest BCUT2D eigenvalue weighted by Gasteiger charge is -2.26. The molecule has 9 heteroatoms. The summed E-state index contributed by atoms with van der Waals surface area (Å²) in [5.41, 5.74) is 2.55. The number of hydrazine groups is 1. The zero-order valence-electron chi connectivity index (χ0n) is 9.77. The Morgan fingerprint density at radius 3 is 2.39 bits per heavy atom. The van der Waals surface area contributed by atoms with Gasteiger partial charge in [0.15, 0.2) is 0 Å². The lowest BCUT2D eigenvalue weighted by Crippen LogP contribution is -2.53. The van der Waals surface area contributed by atoms with Crippen molar-refractivity contribution in [3.63, 3.8) is 0 Å². The van der Waals surface area contributed by atoms with Gasteiger partial charge in [0.25, 0.3) is 0 Å². The highest BCUT2D eigenvalue weighted by molar-refractivity contribution is 5.85. The van der Waals surface area contributed by atoms with Gasteiger partial charge >= 0.3 is 12.0 Å². The number of hydrogen-bond acceptors (Lipinski definition) is 5. The molecule has 102 valence electrons. The molecular formula is C9H16N4O5. The fourth-order valence-electron chi connectivity index (χ4n) is 1.26.